The van der Waals surface area contributed by atoms with Crippen molar-refractivity contribution < 1.29 is 4.74 Å². The summed E-state index contributed by atoms with van der Waals surface area (Å²) in [6.07, 6.45) is 0.407. The predicted octanol–water partition coefficient (Wildman–Crippen LogP) is 1.83. The fourth-order valence-electron chi connectivity index (χ4n) is 1.78. The lowest BCUT2D eigenvalue weighted by Gasteiger charge is -2.06. The van der Waals surface area contributed by atoms with Crippen LogP contribution in [0, 0.1) is 11.3 Å². The molecule has 0 bridgehead atoms. The number of H-pyrrole nitrogens is 1. The van der Waals surface area contributed by atoms with Gasteiger partial charge in [0.2, 0.25) is 0 Å². The molecule has 6 nitrogen and oxygen atoms in total. The average molecular weight is 304 g/mol. The molecule has 0 aliphatic heterocycles. The molecule has 0 spiro atoms. The van der Waals surface area contributed by atoms with E-state index in [4.69, 9.17) is 10.00 Å². The quantitative estimate of drug-likeness (QED) is 0.623. The Morgan fingerprint density at radius 1 is 1.43 bits per heavy atom. The minimum atomic E-state index is -0.186. The van der Waals surface area contributed by atoms with Crippen LogP contribution in [0.25, 0.3) is 0 Å². The van der Waals surface area contributed by atoms with E-state index in [1.54, 1.807) is 4.57 Å². The van der Waals surface area contributed by atoms with E-state index in [0.29, 0.717) is 30.5 Å². The second-order valence-corrected chi connectivity index (χ2v) is 5.29. The fourth-order valence-corrected chi connectivity index (χ4v) is 2.61. The first kappa shape index (κ1) is 15.2. The molecule has 110 valence electrons. The Morgan fingerprint density at radius 3 is 2.86 bits per heavy atom. The number of aromatic nitrogens is 3. The molecular formula is C14H16N4O2S. The van der Waals surface area contributed by atoms with Gasteiger partial charge in [-0.05, 0) is 24.6 Å². The summed E-state index contributed by atoms with van der Waals surface area (Å²) in [4.78, 5) is 11.4. The number of nitriles is 1. The third-order valence-electron chi connectivity index (χ3n) is 2.83. The molecule has 0 aliphatic carbocycles. The van der Waals surface area contributed by atoms with Gasteiger partial charge < -0.3 is 4.74 Å². The number of ether oxygens (including phenoxy) is 1. The smallest absolute Gasteiger partial charge is 0.343 e. The van der Waals surface area contributed by atoms with Crippen molar-refractivity contribution in [3.63, 3.8) is 0 Å². The molecule has 0 saturated carbocycles. The number of rotatable bonds is 7. The molecule has 21 heavy (non-hydrogen) atoms. The van der Waals surface area contributed by atoms with Gasteiger partial charge >= 0.3 is 5.69 Å². The molecule has 7 heteroatoms. The van der Waals surface area contributed by atoms with Crippen LogP contribution >= 0.6 is 11.8 Å². The van der Waals surface area contributed by atoms with Crippen molar-refractivity contribution in [2.24, 2.45) is 0 Å². The van der Waals surface area contributed by atoms with Gasteiger partial charge in [-0.1, -0.05) is 23.9 Å². The van der Waals surface area contributed by atoms with E-state index in [2.05, 4.69) is 16.3 Å². The Morgan fingerprint density at radius 2 is 2.19 bits per heavy atom. The van der Waals surface area contributed by atoms with Crippen molar-refractivity contribution in [1.29, 1.82) is 5.26 Å². The lowest BCUT2D eigenvalue weighted by atomic mass is 10.2. The van der Waals surface area contributed by atoms with E-state index in [1.165, 1.54) is 11.8 Å². The summed E-state index contributed by atoms with van der Waals surface area (Å²) in [5, 5.41) is 15.7. The SMILES string of the molecule is CCn1c(SCCOc2ccc(CC#N)cc2)n[nH]c1=O. The minimum Gasteiger partial charge on any atom is -0.493 e. The third kappa shape index (κ3) is 4.13. The topological polar surface area (TPSA) is 83.7 Å². The lowest BCUT2D eigenvalue weighted by Crippen LogP contribution is -2.16. The van der Waals surface area contributed by atoms with Crippen molar-refractivity contribution in [3.05, 3.63) is 40.3 Å². The van der Waals surface area contributed by atoms with Crippen molar-refractivity contribution in [3.8, 4) is 11.8 Å². The first-order chi connectivity index (χ1) is 10.2. The lowest BCUT2D eigenvalue weighted by molar-refractivity contribution is 0.343. The van der Waals surface area contributed by atoms with Gasteiger partial charge in [0.15, 0.2) is 5.16 Å². The van der Waals surface area contributed by atoms with Crippen LogP contribution in [-0.4, -0.2) is 27.1 Å². The second kappa shape index (κ2) is 7.55. The van der Waals surface area contributed by atoms with Gasteiger partial charge in [-0.2, -0.15) is 5.26 Å². The van der Waals surface area contributed by atoms with Crippen LogP contribution in [0.3, 0.4) is 0 Å². The maximum Gasteiger partial charge on any atom is 0.343 e. The van der Waals surface area contributed by atoms with Crippen LogP contribution in [-0.2, 0) is 13.0 Å². The molecule has 0 radical (unpaired) electrons. The first-order valence-electron chi connectivity index (χ1n) is 6.61. The molecule has 2 rings (SSSR count). The summed E-state index contributed by atoms with van der Waals surface area (Å²) < 4.78 is 7.20. The number of thioether (sulfide) groups is 1. The van der Waals surface area contributed by atoms with E-state index < -0.39 is 0 Å². The monoisotopic (exact) mass is 304 g/mol. The van der Waals surface area contributed by atoms with E-state index in [-0.39, 0.29) is 5.69 Å². The molecule has 1 aromatic heterocycles. The molecule has 0 fully saturated rings. The van der Waals surface area contributed by atoms with Gasteiger partial charge in [-0.25, -0.2) is 9.89 Å². The van der Waals surface area contributed by atoms with Crippen LogP contribution < -0.4 is 10.4 Å². The Bertz CT molecular complexity index is 670. The maximum atomic E-state index is 11.4. The molecule has 1 heterocycles. The molecule has 0 atom stereocenters. The summed E-state index contributed by atoms with van der Waals surface area (Å²) in [6, 6.07) is 9.58. The van der Waals surface area contributed by atoms with Crippen molar-refractivity contribution in [2.75, 3.05) is 12.4 Å². The summed E-state index contributed by atoms with van der Waals surface area (Å²) in [5.41, 5.74) is 0.789. The number of hydrogen-bond acceptors (Lipinski definition) is 5. The van der Waals surface area contributed by atoms with Crippen LogP contribution in [0.1, 0.15) is 12.5 Å². The zero-order valence-electron chi connectivity index (χ0n) is 11.7. The predicted molar refractivity (Wildman–Crippen MR) is 80.5 cm³/mol. The standard InChI is InChI=1S/C14H16N4O2S/c1-2-18-13(19)16-17-14(18)21-10-9-20-12-5-3-11(4-6-12)7-8-15/h3-6H,2,7,9-10H2,1H3,(H,16,19). The van der Waals surface area contributed by atoms with Crippen molar-refractivity contribution in [2.45, 2.75) is 25.0 Å². The Labute approximate surface area is 126 Å². The molecule has 1 N–H and O–H groups in total. The molecule has 0 amide bonds. The highest BCUT2D eigenvalue weighted by Crippen LogP contribution is 2.15. The minimum absolute atomic E-state index is 0.186. The zero-order valence-corrected chi connectivity index (χ0v) is 12.5. The molecule has 0 saturated heterocycles. The van der Waals surface area contributed by atoms with Crippen LogP contribution in [0.4, 0.5) is 0 Å². The van der Waals surface area contributed by atoms with Gasteiger partial charge in [0.1, 0.15) is 5.75 Å². The van der Waals surface area contributed by atoms with Gasteiger partial charge in [-0.3, -0.25) is 4.57 Å². The van der Waals surface area contributed by atoms with Crippen LogP contribution in [0.15, 0.2) is 34.2 Å². The van der Waals surface area contributed by atoms with Gasteiger partial charge in [0, 0.05) is 12.3 Å². The largest absolute Gasteiger partial charge is 0.493 e. The second-order valence-electron chi connectivity index (χ2n) is 4.23. The van der Waals surface area contributed by atoms with E-state index >= 15 is 0 Å². The number of nitrogens with zero attached hydrogens (tertiary/aromatic N) is 3. The van der Waals surface area contributed by atoms with Crippen molar-refractivity contribution >= 4 is 11.8 Å². The van der Waals surface area contributed by atoms with Gasteiger partial charge in [0.25, 0.3) is 0 Å². The summed E-state index contributed by atoms with van der Waals surface area (Å²) in [5.74, 6) is 1.47. The van der Waals surface area contributed by atoms with E-state index in [0.717, 1.165) is 11.3 Å². The molecule has 0 aliphatic rings. The highest BCUT2D eigenvalue weighted by Gasteiger charge is 2.06. The summed E-state index contributed by atoms with van der Waals surface area (Å²) in [6.45, 7) is 3.02. The molecule has 0 unspecified atom stereocenters. The fraction of sp³-hybridized carbons (Fsp3) is 0.357. The summed E-state index contributed by atoms with van der Waals surface area (Å²) >= 11 is 1.48. The Balaban J connectivity index is 1.79. The molecular weight excluding hydrogens is 288 g/mol. The van der Waals surface area contributed by atoms with Gasteiger partial charge in [0.05, 0.1) is 19.1 Å². The molecule has 2 aromatic rings. The Hall–Kier alpha value is -2.20. The van der Waals surface area contributed by atoms with E-state index in [9.17, 15) is 4.79 Å². The highest BCUT2D eigenvalue weighted by molar-refractivity contribution is 7.99. The number of hydrogen-bond donors (Lipinski definition) is 1. The third-order valence-corrected chi connectivity index (χ3v) is 3.77. The number of aromatic amines is 1. The maximum absolute atomic E-state index is 11.4. The zero-order chi connectivity index (χ0) is 15.1. The number of benzene rings is 1. The van der Waals surface area contributed by atoms with Crippen molar-refractivity contribution in [1.82, 2.24) is 14.8 Å². The summed E-state index contributed by atoms with van der Waals surface area (Å²) in [7, 11) is 0. The normalized spacial score (nSPS) is 10.3. The average Bonchev–Trinajstić information content (AvgIpc) is 2.86. The Kier molecular flexibility index (Phi) is 5.46. The number of nitrogens with one attached hydrogen (secondary N) is 1. The first-order valence-corrected chi connectivity index (χ1v) is 7.60. The van der Waals surface area contributed by atoms with E-state index in [1.807, 2.05) is 31.2 Å². The van der Waals surface area contributed by atoms with Gasteiger partial charge in [-0.15, -0.1) is 5.10 Å². The highest BCUT2D eigenvalue weighted by atomic mass is 32.2. The van der Waals surface area contributed by atoms with Crippen LogP contribution in [0.5, 0.6) is 5.75 Å². The van der Waals surface area contributed by atoms with Crippen LogP contribution in [0.2, 0.25) is 0 Å². The molecule has 1 aromatic carbocycles.